The van der Waals surface area contributed by atoms with Crippen molar-refractivity contribution in [1.82, 2.24) is 24.9 Å². The van der Waals surface area contributed by atoms with Gasteiger partial charge in [-0.1, -0.05) is 49.2 Å². The summed E-state index contributed by atoms with van der Waals surface area (Å²) in [5, 5.41) is 7.60. The molecule has 0 fully saturated rings. The first kappa shape index (κ1) is 21.7. The summed E-state index contributed by atoms with van der Waals surface area (Å²) in [6, 6.07) is 18.2. The molecule has 2 aromatic carbocycles. The average Bonchev–Trinajstić information content (AvgIpc) is 3.41. The molecule has 3 aromatic heterocycles. The van der Waals surface area contributed by atoms with Gasteiger partial charge in [-0.05, 0) is 30.2 Å². The lowest BCUT2D eigenvalue weighted by Crippen LogP contribution is -2.19. The Kier molecular flexibility index (Phi) is 6.09. The molecule has 5 rings (SSSR count). The largest absolute Gasteiger partial charge is 0.381 e. The number of amides is 1. The Morgan fingerprint density at radius 3 is 2.67 bits per heavy atom. The van der Waals surface area contributed by atoms with Gasteiger partial charge in [-0.2, -0.15) is 0 Å². The second kappa shape index (κ2) is 9.28. The predicted molar refractivity (Wildman–Crippen MR) is 132 cm³/mol. The van der Waals surface area contributed by atoms with Crippen LogP contribution >= 0.6 is 0 Å². The van der Waals surface area contributed by atoms with E-state index in [-0.39, 0.29) is 11.7 Å². The Labute approximate surface area is 191 Å². The molecule has 0 spiro atoms. The third kappa shape index (κ3) is 4.02. The molecular formula is C26H24N6O. The summed E-state index contributed by atoms with van der Waals surface area (Å²) in [6.45, 7) is 2.16. The van der Waals surface area contributed by atoms with Gasteiger partial charge < -0.3 is 16.0 Å². The highest BCUT2D eigenvalue weighted by Gasteiger charge is 2.17. The van der Waals surface area contributed by atoms with E-state index < -0.39 is 0 Å². The lowest BCUT2D eigenvalue weighted by atomic mass is 9.98. The molecule has 1 amide bonds. The quantitative estimate of drug-likeness (QED) is 0.371. The summed E-state index contributed by atoms with van der Waals surface area (Å²) >= 11 is 0. The standard InChI is InChI=1S/C18H15N.C8H9N5O/c1-3-13-11-8-12-16-17(13)18(15(4-2)19-16)14-9-6-5-7-10-14;1-10-8(14)5-6(9)12-13-4-2-3-11-7(5)13/h1,5-12,19H,4H2,2H3;2-4H,1H3,(H2,9,12)(H,10,14). The van der Waals surface area contributed by atoms with Crippen LogP contribution in [-0.4, -0.2) is 32.5 Å². The fourth-order valence-corrected chi connectivity index (χ4v) is 3.86. The van der Waals surface area contributed by atoms with Crippen LogP contribution in [0, 0.1) is 12.3 Å². The van der Waals surface area contributed by atoms with Crippen molar-refractivity contribution in [3.8, 4) is 23.5 Å². The predicted octanol–water partition coefficient (Wildman–Crippen LogP) is 4.05. The molecule has 0 saturated heterocycles. The fourth-order valence-electron chi connectivity index (χ4n) is 3.86. The number of terminal acetylenes is 1. The van der Waals surface area contributed by atoms with E-state index in [1.807, 2.05) is 18.2 Å². The molecule has 0 saturated carbocycles. The Morgan fingerprint density at radius 1 is 1.18 bits per heavy atom. The number of hydrogen-bond donors (Lipinski definition) is 3. The van der Waals surface area contributed by atoms with Gasteiger partial charge in [0.25, 0.3) is 5.91 Å². The monoisotopic (exact) mass is 436 g/mol. The summed E-state index contributed by atoms with van der Waals surface area (Å²) in [5.41, 5.74) is 12.1. The summed E-state index contributed by atoms with van der Waals surface area (Å²) < 4.78 is 1.47. The normalized spacial score (nSPS) is 10.5. The molecule has 0 atom stereocenters. The maximum atomic E-state index is 11.4. The SMILES string of the molecule is C#Cc1cccc2[nH]c(CC)c(-c3ccccc3)c12.CNC(=O)c1c(N)nn2cccnc12. The minimum absolute atomic E-state index is 0.183. The highest BCUT2D eigenvalue weighted by Crippen LogP contribution is 2.34. The number of carbonyl (C=O) groups excluding carboxylic acids is 1. The molecule has 0 aliphatic heterocycles. The van der Waals surface area contributed by atoms with Crippen molar-refractivity contribution >= 4 is 28.3 Å². The van der Waals surface area contributed by atoms with E-state index in [4.69, 9.17) is 12.2 Å². The number of anilines is 1. The number of hydrogen-bond acceptors (Lipinski definition) is 4. The summed E-state index contributed by atoms with van der Waals surface area (Å²) in [6.07, 6.45) is 9.88. The number of aromatic amines is 1. The molecule has 5 aromatic rings. The van der Waals surface area contributed by atoms with Gasteiger partial charge in [0.2, 0.25) is 0 Å². The number of fused-ring (bicyclic) bond motifs is 2. The number of rotatable bonds is 3. The number of aromatic nitrogens is 4. The van der Waals surface area contributed by atoms with Crippen LogP contribution in [-0.2, 0) is 6.42 Å². The zero-order valence-electron chi connectivity index (χ0n) is 18.5. The molecule has 0 unspecified atom stereocenters. The molecule has 164 valence electrons. The molecule has 4 N–H and O–H groups in total. The molecule has 0 bridgehead atoms. The molecule has 7 nitrogen and oxygen atoms in total. The number of H-pyrrole nitrogens is 1. The second-order valence-corrected chi connectivity index (χ2v) is 7.30. The van der Waals surface area contributed by atoms with E-state index in [0.29, 0.717) is 11.2 Å². The van der Waals surface area contributed by atoms with Crippen LogP contribution in [0.2, 0.25) is 0 Å². The third-order valence-corrected chi connectivity index (χ3v) is 5.35. The number of benzene rings is 2. The molecule has 3 heterocycles. The van der Waals surface area contributed by atoms with Gasteiger partial charge in [0.1, 0.15) is 5.56 Å². The van der Waals surface area contributed by atoms with Gasteiger partial charge in [0.15, 0.2) is 11.5 Å². The van der Waals surface area contributed by atoms with Gasteiger partial charge in [-0.3, -0.25) is 4.79 Å². The zero-order chi connectivity index (χ0) is 23.4. The van der Waals surface area contributed by atoms with E-state index >= 15 is 0 Å². The molecule has 0 radical (unpaired) electrons. The van der Waals surface area contributed by atoms with E-state index in [2.05, 4.69) is 63.6 Å². The lowest BCUT2D eigenvalue weighted by Gasteiger charge is -2.04. The number of nitrogen functional groups attached to an aromatic ring is 1. The van der Waals surface area contributed by atoms with Crippen LogP contribution in [0.5, 0.6) is 0 Å². The van der Waals surface area contributed by atoms with E-state index in [1.165, 1.54) is 28.4 Å². The van der Waals surface area contributed by atoms with Crippen molar-refractivity contribution in [1.29, 1.82) is 0 Å². The first-order valence-electron chi connectivity index (χ1n) is 10.6. The van der Waals surface area contributed by atoms with Gasteiger partial charge >= 0.3 is 0 Å². The summed E-state index contributed by atoms with van der Waals surface area (Å²) in [5.74, 6) is 2.70. The molecular weight excluding hydrogens is 412 g/mol. The lowest BCUT2D eigenvalue weighted by molar-refractivity contribution is 0.0965. The Morgan fingerprint density at radius 2 is 1.97 bits per heavy atom. The second-order valence-electron chi connectivity index (χ2n) is 7.30. The smallest absolute Gasteiger partial charge is 0.258 e. The van der Waals surface area contributed by atoms with Gasteiger partial charge in [-0.15, -0.1) is 11.5 Å². The highest BCUT2D eigenvalue weighted by atomic mass is 16.1. The average molecular weight is 437 g/mol. The highest BCUT2D eigenvalue weighted by molar-refractivity contribution is 6.04. The molecule has 7 heteroatoms. The van der Waals surface area contributed by atoms with Crippen LogP contribution < -0.4 is 11.1 Å². The Hall–Kier alpha value is -4.57. The van der Waals surface area contributed by atoms with Crippen molar-refractivity contribution in [3.05, 3.63) is 83.8 Å². The molecule has 0 aliphatic rings. The summed E-state index contributed by atoms with van der Waals surface area (Å²) in [7, 11) is 1.54. The van der Waals surface area contributed by atoms with Crippen LogP contribution in [0.15, 0.2) is 67.0 Å². The topological polar surface area (TPSA) is 101 Å². The van der Waals surface area contributed by atoms with Gasteiger partial charge in [-0.25, -0.2) is 9.50 Å². The number of aryl methyl sites for hydroxylation is 1. The minimum atomic E-state index is -0.281. The van der Waals surface area contributed by atoms with Crippen LogP contribution in [0.25, 0.3) is 27.7 Å². The maximum Gasteiger partial charge on any atom is 0.258 e. The van der Waals surface area contributed by atoms with Gasteiger partial charge in [0, 0.05) is 47.2 Å². The first-order valence-corrected chi connectivity index (χ1v) is 10.6. The number of carbonyl (C=O) groups is 1. The number of nitrogens with zero attached hydrogens (tertiary/aromatic N) is 3. The van der Waals surface area contributed by atoms with Crippen molar-refractivity contribution in [2.24, 2.45) is 0 Å². The zero-order valence-corrected chi connectivity index (χ0v) is 18.5. The summed E-state index contributed by atoms with van der Waals surface area (Å²) in [4.78, 5) is 18.9. The van der Waals surface area contributed by atoms with E-state index in [0.717, 1.165) is 22.9 Å². The number of nitrogens with one attached hydrogen (secondary N) is 2. The fraction of sp³-hybridized carbons (Fsp3) is 0.115. The van der Waals surface area contributed by atoms with Crippen molar-refractivity contribution < 1.29 is 4.79 Å². The Balaban J connectivity index is 0.000000165. The van der Waals surface area contributed by atoms with E-state index in [1.54, 1.807) is 18.5 Å². The van der Waals surface area contributed by atoms with Crippen LogP contribution in [0.3, 0.4) is 0 Å². The third-order valence-electron chi connectivity index (χ3n) is 5.35. The minimum Gasteiger partial charge on any atom is -0.381 e. The number of nitrogens with two attached hydrogens (primary N) is 1. The first-order chi connectivity index (χ1) is 16.1. The van der Waals surface area contributed by atoms with Crippen LogP contribution in [0.1, 0.15) is 28.5 Å². The van der Waals surface area contributed by atoms with E-state index in [9.17, 15) is 4.79 Å². The molecule has 33 heavy (non-hydrogen) atoms. The van der Waals surface area contributed by atoms with Crippen molar-refractivity contribution in [2.45, 2.75) is 13.3 Å². The Bertz CT molecular complexity index is 1470. The van der Waals surface area contributed by atoms with Crippen molar-refractivity contribution in [2.75, 3.05) is 12.8 Å². The maximum absolute atomic E-state index is 11.4. The van der Waals surface area contributed by atoms with Crippen molar-refractivity contribution in [3.63, 3.8) is 0 Å². The van der Waals surface area contributed by atoms with Gasteiger partial charge in [0.05, 0.1) is 0 Å². The molecule has 0 aliphatic carbocycles. The van der Waals surface area contributed by atoms with Crippen LogP contribution in [0.4, 0.5) is 5.82 Å².